The maximum absolute atomic E-state index is 13.5. The van der Waals surface area contributed by atoms with Crippen LogP contribution in [0.2, 0.25) is 0 Å². The number of carbonyl (C=O) groups is 2. The number of nitrogens with one attached hydrogen (secondary N) is 1. The van der Waals surface area contributed by atoms with Gasteiger partial charge in [0.15, 0.2) is 0 Å². The van der Waals surface area contributed by atoms with E-state index in [9.17, 15) is 9.59 Å². The maximum Gasteiger partial charge on any atom is 0.325 e. The summed E-state index contributed by atoms with van der Waals surface area (Å²) in [5.74, 6) is 0.375. The number of nitrogens with zero attached hydrogens (tertiary/aromatic N) is 2. The van der Waals surface area contributed by atoms with Crippen molar-refractivity contribution >= 4 is 23.3 Å². The second-order valence-corrected chi connectivity index (χ2v) is 9.51. The van der Waals surface area contributed by atoms with E-state index in [1.54, 1.807) is 9.80 Å². The molecule has 0 bridgehead atoms. The molecule has 34 heavy (non-hydrogen) atoms. The van der Waals surface area contributed by atoms with Crippen LogP contribution in [-0.2, 0) is 17.9 Å². The predicted octanol–water partition coefficient (Wildman–Crippen LogP) is 6.51. The number of hydrogen-bond acceptors (Lipinski definition) is 2. The maximum atomic E-state index is 13.5. The third-order valence-corrected chi connectivity index (χ3v) is 6.30. The van der Waals surface area contributed by atoms with Gasteiger partial charge in [-0.2, -0.15) is 0 Å². The summed E-state index contributed by atoms with van der Waals surface area (Å²) in [6.45, 7) is 9.38. The summed E-state index contributed by atoms with van der Waals surface area (Å²) in [5, 5.41) is 3.15. The van der Waals surface area contributed by atoms with Crippen LogP contribution in [0.5, 0.6) is 0 Å². The van der Waals surface area contributed by atoms with E-state index in [0.717, 1.165) is 33.6 Å². The van der Waals surface area contributed by atoms with E-state index in [-0.39, 0.29) is 30.3 Å². The van der Waals surface area contributed by atoms with Crippen LogP contribution in [0.25, 0.3) is 0 Å². The number of hydrogen-bond donors (Lipinski definition) is 1. The van der Waals surface area contributed by atoms with Crippen LogP contribution < -0.4 is 10.2 Å². The molecule has 0 unspecified atom stereocenters. The van der Waals surface area contributed by atoms with Crippen molar-refractivity contribution in [2.24, 2.45) is 0 Å². The summed E-state index contributed by atoms with van der Waals surface area (Å²) in [6, 6.07) is 23.9. The molecule has 3 aromatic rings. The van der Waals surface area contributed by atoms with Crippen LogP contribution in [0.1, 0.15) is 61.8 Å². The van der Waals surface area contributed by atoms with Gasteiger partial charge in [0.2, 0.25) is 5.91 Å². The number of para-hydroxylation sites is 2. The Morgan fingerprint density at radius 1 is 0.853 bits per heavy atom. The molecule has 5 nitrogen and oxygen atoms in total. The molecule has 3 aromatic carbocycles. The highest BCUT2D eigenvalue weighted by Crippen LogP contribution is 2.33. The first-order valence-electron chi connectivity index (χ1n) is 12.0. The van der Waals surface area contributed by atoms with Crippen LogP contribution >= 0.6 is 0 Å². The van der Waals surface area contributed by atoms with Crippen molar-refractivity contribution in [2.75, 3.05) is 16.8 Å². The molecule has 1 N–H and O–H groups in total. The van der Waals surface area contributed by atoms with Gasteiger partial charge in [-0.15, -0.1) is 0 Å². The van der Waals surface area contributed by atoms with Gasteiger partial charge in [-0.1, -0.05) is 94.4 Å². The number of urea groups is 1. The van der Waals surface area contributed by atoms with Crippen LogP contribution in [-0.4, -0.2) is 23.4 Å². The lowest BCUT2D eigenvalue weighted by Gasteiger charge is -2.37. The van der Waals surface area contributed by atoms with Crippen molar-refractivity contribution in [2.45, 2.75) is 52.6 Å². The Hall–Kier alpha value is -3.60. The Balaban J connectivity index is 1.58. The van der Waals surface area contributed by atoms with Crippen molar-refractivity contribution in [3.63, 3.8) is 0 Å². The summed E-state index contributed by atoms with van der Waals surface area (Å²) >= 11 is 0. The molecule has 4 rings (SSSR count). The average Bonchev–Trinajstić information content (AvgIpc) is 2.82. The van der Waals surface area contributed by atoms with Crippen molar-refractivity contribution in [1.82, 2.24) is 4.90 Å². The summed E-state index contributed by atoms with van der Waals surface area (Å²) in [4.78, 5) is 30.1. The molecule has 176 valence electrons. The van der Waals surface area contributed by atoms with E-state index in [2.05, 4.69) is 45.1 Å². The molecule has 0 saturated heterocycles. The fourth-order valence-electron chi connectivity index (χ4n) is 4.54. The predicted molar refractivity (Wildman–Crippen MR) is 138 cm³/mol. The van der Waals surface area contributed by atoms with Crippen LogP contribution in [0, 0.1) is 0 Å². The van der Waals surface area contributed by atoms with E-state index in [0.29, 0.717) is 13.1 Å². The minimum absolute atomic E-state index is 0.00240. The molecule has 0 saturated carbocycles. The Kier molecular flexibility index (Phi) is 7.01. The van der Waals surface area contributed by atoms with Crippen LogP contribution in [0.4, 0.5) is 16.2 Å². The largest absolute Gasteiger partial charge is 0.325 e. The fourth-order valence-corrected chi connectivity index (χ4v) is 4.54. The zero-order valence-corrected chi connectivity index (χ0v) is 20.4. The van der Waals surface area contributed by atoms with Crippen molar-refractivity contribution < 1.29 is 9.59 Å². The highest BCUT2D eigenvalue weighted by molar-refractivity contribution is 6.00. The third kappa shape index (κ3) is 4.98. The quantitative estimate of drug-likeness (QED) is 0.441. The zero-order chi connectivity index (χ0) is 24.2. The van der Waals surface area contributed by atoms with E-state index >= 15 is 0 Å². The minimum Gasteiger partial charge on any atom is -0.324 e. The molecule has 0 radical (unpaired) electrons. The molecule has 0 aromatic heterocycles. The number of carbonyl (C=O) groups excluding carboxylic acids is 2. The Labute approximate surface area is 202 Å². The minimum atomic E-state index is -0.178. The first-order valence-corrected chi connectivity index (χ1v) is 12.0. The van der Waals surface area contributed by atoms with E-state index in [4.69, 9.17) is 0 Å². The van der Waals surface area contributed by atoms with Gasteiger partial charge in [-0.3, -0.25) is 9.69 Å². The zero-order valence-electron chi connectivity index (χ0n) is 20.4. The monoisotopic (exact) mass is 455 g/mol. The fraction of sp³-hybridized carbons (Fsp3) is 0.310. The summed E-state index contributed by atoms with van der Waals surface area (Å²) in [5.41, 5.74) is 6.09. The van der Waals surface area contributed by atoms with E-state index in [1.165, 1.54) is 0 Å². The summed E-state index contributed by atoms with van der Waals surface area (Å²) < 4.78 is 0. The van der Waals surface area contributed by atoms with Gasteiger partial charge in [0.05, 0.1) is 18.8 Å². The number of amides is 3. The number of benzene rings is 3. The van der Waals surface area contributed by atoms with Crippen molar-refractivity contribution in [3.05, 3.63) is 95.1 Å². The standard InChI is InChI=1S/C29H33N3O2/c1-20(2)24-14-10-15-25(21(3)4)28(24)30-27(33)19-31-18-23-13-8-9-16-26(23)32(29(31)34)17-22-11-6-5-7-12-22/h5-16,20-21H,17-19H2,1-4H3,(H,30,33). The smallest absolute Gasteiger partial charge is 0.324 e. The lowest BCUT2D eigenvalue weighted by molar-refractivity contribution is -0.116. The molecular formula is C29H33N3O2. The SMILES string of the molecule is CC(C)c1cccc(C(C)C)c1NC(=O)CN1Cc2ccccc2N(Cc2ccccc2)C1=O. The Bertz CT molecular complexity index is 1140. The van der Waals surface area contributed by atoms with Gasteiger partial charge in [-0.05, 0) is 40.2 Å². The van der Waals surface area contributed by atoms with E-state index in [1.807, 2.05) is 60.7 Å². The number of fused-ring (bicyclic) bond motifs is 1. The number of anilines is 2. The highest BCUT2D eigenvalue weighted by atomic mass is 16.2. The first kappa shape index (κ1) is 23.6. The Morgan fingerprint density at radius 3 is 2.12 bits per heavy atom. The lowest BCUT2D eigenvalue weighted by atomic mass is 9.92. The second-order valence-electron chi connectivity index (χ2n) is 9.51. The Morgan fingerprint density at radius 2 is 1.47 bits per heavy atom. The highest BCUT2D eigenvalue weighted by Gasteiger charge is 2.31. The second kappa shape index (κ2) is 10.1. The van der Waals surface area contributed by atoms with Gasteiger partial charge in [-0.25, -0.2) is 4.79 Å². The van der Waals surface area contributed by atoms with Crippen molar-refractivity contribution in [3.8, 4) is 0 Å². The van der Waals surface area contributed by atoms with Crippen LogP contribution in [0.3, 0.4) is 0 Å². The van der Waals surface area contributed by atoms with Gasteiger partial charge >= 0.3 is 6.03 Å². The third-order valence-electron chi connectivity index (χ3n) is 6.30. The molecule has 5 heteroatoms. The average molecular weight is 456 g/mol. The summed E-state index contributed by atoms with van der Waals surface area (Å²) in [7, 11) is 0. The molecule has 0 fully saturated rings. The molecule has 1 aliphatic heterocycles. The van der Waals surface area contributed by atoms with E-state index < -0.39 is 0 Å². The molecule has 1 aliphatic rings. The topological polar surface area (TPSA) is 52.7 Å². The van der Waals surface area contributed by atoms with Crippen molar-refractivity contribution in [1.29, 1.82) is 0 Å². The molecule has 0 atom stereocenters. The molecule has 3 amide bonds. The molecule has 1 heterocycles. The van der Waals surface area contributed by atoms with Crippen LogP contribution in [0.15, 0.2) is 72.8 Å². The molecule has 0 aliphatic carbocycles. The normalized spacial score (nSPS) is 13.4. The first-order chi connectivity index (χ1) is 16.3. The summed E-state index contributed by atoms with van der Waals surface area (Å²) in [6.07, 6.45) is 0. The molecular weight excluding hydrogens is 422 g/mol. The number of rotatable bonds is 7. The van der Waals surface area contributed by atoms with Gasteiger partial charge in [0, 0.05) is 5.69 Å². The van der Waals surface area contributed by atoms with Gasteiger partial charge in [0.25, 0.3) is 0 Å². The molecule has 0 spiro atoms. The lowest BCUT2D eigenvalue weighted by Crippen LogP contribution is -2.49. The van der Waals surface area contributed by atoms with Gasteiger partial charge in [0.1, 0.15) is 6.54 Å². The van der Waals surface area contributed by atoms with Gasteiger partial charge < -0.3 is 10.2 Å².